The Balaban J connectivity index is 2.83. The SMILES string of the molecule is C[C@@](O)(/C=C/c1ccccc1)C(Cl)(Cl)Cl. The Morgan fingerprint density at radius 1 is 1.13 bits per heavy atom. The van der Waals surface area contributed by atoms with Gasteiger partial charge in [-0.3, -0.25) is 0 Å². The molecule has 0 bridgehead atoms. The molecule has 1 N–H and O–H groups in total. The van der Waals surface area contributed by atoms with Gasteiger partial charge in [0.15, 0.2) is 0 Å². The molecule has 1 atom stereocenters. The van der Waals surface area contributed by atoms with Crippen molar-refractivity contribution in [1.29, 1.82) is 0 Å². The summed E-state index contributed by atoms with van der Waals surface area (Å²) in [7, 11) is 0. The van der Waals surface area contributed by atoms with Crippen LogP contribution in [0.2, 0.25) is 0 Å². The van der Waals surface area contributed by atoms with Crippen LogP contribution < -0.4 is 0 Å². The van der Waals surface area contributed by atoms with E-state index >= 15 is 0 Å². The lowest BCUT2D eigenvalue weighted by Gasteiger charge is -2.27. The molecule has 0 aliphatic carbocycles. The fraction of sp³-hybridized carbons (Fsp3) is 0.273. The second-order valence-corrected chi connectivity index (χ2v) is 5.67. The van der Waals surface area contributed by atoms with E-state index in [-0.39, 0.29) is 0 Å². The van der Waals surface area contributed by atoms with Crippen LogP contribution in [-0.4, -0.2) is 14.5 Å². The highest BCUT2D eigenvalue weighted by Gasteiger charge is 2.40. The third-order valence-electron chi connectivity index (χ3n) is 1.97. The molecule has 0 saturated heterocycles. The van der Waals surface area contributed by atoms with Crippen LogP contribution in [0.5, 0.6) is 0 Å². The third-order valence-corrected chi connectivity index (χ3v) is 3.12. The lowest BCUT2D eigenvalue weighted by atomic mass is 10.1. The van der Waals surface area contributed by atoms with E-state index in [1.54, 1.807) is 6.08 Å². The van der Waals surface area contributed by atoms with Crippen molar-refractivity contribution < 1.29 is 5.11 Å². The Hall–Kier alpha value is -0.210. The number of hydrogen-bond donors (Lipinski definition) is 1. The Kier molecular flexibility index (Phi) is 4.07. The fourth-order valence-corrected chi connectivity index (χ4v) is 1.11. The van der Waals surface area contributed by atoms with Gasteiger partial charge in [0.2, 0.25) is 3.79 Å². The van der Waals surface area contributed by atoms with Crippen LogP contribution in [0.15, 0.2) is 36.4 Å². The highest BCUT2D eigenvalue weighted by Crippen LogP contribution is 2.39. The summed E-state index contributed by atoms with van der Waals surface area (Å²) in [4.78, 5) is 0. The van der Waals surface area contributed by atoms with Gasteiger partial charge in [0.05, 0.1) is 0 Å². The van der Waals surface area contributed by atoms with Crippen LogP contribution in [0.25, 0.3) is 6.08 Å². The van der Waals surface area contributed by atoms with Gasteiger partial charge in [0, 0.05) is 0 Å². The Morgan fingerprint density at radius 2 is 1.67 bits per heavy atom. The normalized spacial score (nSPS) is 16.6. The smallest absolute Gasteiger partial charge is 0.222 e. The molecule has 1 aromatic rings. The van der Waals surface area contributed by atoms with Crippen LogP contribution >= 0.6 is 34.8 Å². The molecule has 1 aromatic carbocycles. The number of alkyl halides is 3. The van der Waals surface area contributed by atoms with E-state index in [1.807, 2.05) is 30.3 Å². The zero-order valence-corrected chi connectivity index (χ0v) is 10.4. The van der Waals surface area contributed by atoms with Gasteiger partial charge in [0.1, 0.15) is 5.60 Å². The van der Waals surface area contributed by atoms with Crippen LogP contribution in [0.3, 0.4) is 0 Å². The first-order valence-corrected chi connectivity index (χ1v) is 5.50. The molecule has 1 rings (SSSR count). The Bertz CT molecular complexity index is 339. The third kappa shape index (κ3) is 3.69. The van der Waals surface area contributed by atoms with Gasteiger partial charge in [-0.15, -0.1) is 0 Å². The monoisotopic (exact) mass is 264 g/mol. The fourth-order valence-electron chi connectivity index (χ4n) is 0.917. The minimum Gasteiger partial charge on any atom is -0.382 e. The average Bonchev–Trinajstić information content (AvgIpc) is 2.15. The zero-order valence-electron chi connectivity index (χ0n) is 8.12. The molecular formula is C11H11Cl3O. The summed E-state index contributed by atoms with van der Waals surface area (Å²) in [6, 6.07) is 9.48. The first-order chi connectivity index (χ1) is 6.83. The lowest BCUT2D eigenvalue weighted by molar-refractivity contribution is 0.117. The summed E-state index contributed by atoms with van der Waals surface area (Å²) in [5, 5.41) is 9.83. The van der Waals surface area contributed by atoms with Crippen molar-refractivity contribution >= 4 is 40.9 Å². The van der Waals surface area contributed by atoms with Crippen molar-refractivity contribution in [3.05, 3.63) is 42.0 Å². The summed E-state index contributed by atoms with van der Waals surface area (Å²) >= 11 is 16.9. The van der Waals surface area contributed by atoms with Gasteiger partial charge < -0.3 is 5.11 Å². The minimum atomic E-state index is -1.74. The second-order valence-electron chi connectivity index (χ2n) is 3.39. The van der Waals surface area contributed by atoms with Crippen molar-refractivity contribution in [2.45, 2.75) is 16.3 Å². The standard InChI is InChI=1S/C11H11Cl3O/c1-10(15,11(12,13)14)8-7-9-5-3-2-4-6-9/h2-8,15H,1H3/b8-7+/t10-/m1/s1. The van der Waals surface area contributed by atoms with Crippen LogP contribution in [0.4, 0.5) is 0 Å². The molecule has 4 heteroatoms. The number of aliphatic hydroxyl groups is 1. The molecule has 0 saturated carbocycles. The quantitative estimate of drug-likeness (QED) is 0.806. The predicted molar refractivity (Wildman–Crippen MR) is 66.4 cm³/mol. The van der Waals surface area contributed by atoms with Crippen molar-refractivity contribution in [2.24, 2.45) is 0 Å². The molecule has 0 aliphatic rings. The van der Waals surface area contributed by atoms with Crippen LogP contribution in [0, 0.1) is 0 Å². The number of hydrogen-bond acceptors (Lipinski definition) is 1. The maximum Gasteiger partial charge on any atom is 0.222 e. The molecule has 0 unspecified atom stereocenters. The zero-order chi connectivity index (χ0) is 11.5. The van der Waals surface area contributed by atoms with E-state index < -0.39 is 9.39 Å². The van der Waals surface area contributed by atoms with Crippen molar-refractivity contribution in [1.82, 2.24) is 0 Å². The number of benzene rings is 1. The summed E-state index contributed by atoms with van der Waals surface area (Å²) < 4.78 is -1.74. The number of rotatable bonds is 2. The van der Waals surface area contributed by atoms with E-state index in [0.29, 0.717) is 0 Å². The van der Waals surface area contributed by atoms with Gasteiger partial charge in [0.25, 0.3) is 0 Å². The van der Waals surface area contributed by atoms with E-state index in [1.165, 1.54) is 13.0 Å². The summed E-state index contributed by atoms with van der Waals surface area (Å²) in [5.74, 6) is 0. The molecule has 0 spiro atoms. The first kappa shape index (κ1) is 12.9. The molecule has 0 fully saturated rings. The van der Waals surface area contributed by atoms with E-state index in [4.69, 9.17) is 34.8 Å². The topological polar surface area (TPSA) is 20.2 Å². The van der Waals surface area contributed by atoms with Gasteiger partial charge in [-0.25, -0.2) is 0 Å². The maximum atomic E-state index is 9.83. The molecule has 1 nitrogen and oxygen atoms in total. The summed E-state index contributed by atoms with van der Waals surface area (Å²) in [6.45, 7) is 1.44. The molecule has 15 heavy (non-hydrogen) atoms. The largest absolute Gasteiger partial charge is 0.382 e. The molecule has 0 amide bonds. The van der Waals surface area contributed by atoms with Crippen LogP contribution in [-0.2, 0) is 0 Å². The average molecular weight is 266 g/mol. The van der Waals surface area contributed by atoms with Crippen molar-refractivity contribution in [2.75, 3.05) is 0 Å². The van der Waals surface area contributed by atoms with Crippen LogP contribution in [0.1, 0.15) is 12.5 Å². The molecule has 82 valence electrons. The molecule has 0 radical (unpaired) electrons. The molecule has 0 aromatic heterocycles. The second kappa shape index (κ2) is 4.75. The molecular weight excluding hydrogens is 254 g/mol. The van der Waals surface area contributed by atoms with Gasteiger partial charge >= 0.3 is 0 Å². The highest BCUT2D eigenvalue weighted by atomic mass is 35.6. The summed E-state index contributed by atoms with van der Waals surface area (Å²) in [5.41, 5.74) is -0.555. The maximum absolute atomic E-state index is 9.83. The van der Waals surface area contributed by atoms with Gasteiger partial charge in [-0.2, -0.15) is 0 Å². The van der Waals surface area contributed by atoms with E-state index in [9.17, 15) is 5.11 Å². The minimum absolute atomic E-state index is 0.937. The van der Waals surface area contributed by atoms with Gasteiger partial charge in [-0.05, 0) is 18.6 Å². The molecule has 0 heterocycles. The predicted octanol–water partition coefficient (Wildman–Crippen LogP) is 3.82. The Morgan fingerprint density at radius 3 is 2.13 bits per heavy atom. The highest BCUT2D eigenvalue weighted by molar-refractivity contribution is 6.68. The van der Waals surface area contributed by atoms with E-state index in [0.717, 1.165) is 5.56 Å². The summed E-state index contributed by atoms with van der Waals surface area (Å²) in [6.07, 6.45) is 3.18. The molecule has 0 aliphatic heterocycles. The lowest BCUT2D eigenvalue weighted by Crippen LogP contribution is -2.37. The van der Waals surface area contributed by atoms with E-state index in [2.05, 4.69) is 0 Å². The van der Waals surface area contributed by atoms with Crippen molar-refractivity contribution in [3.8, 4) is 0 Å². The Labute approximate surface area is 104 Å². The van der Waals surface area contributed by atoms with Gasteiger partial charge in [-0.1, -0.05) is 71.2 Å². The first-order valence-electron chi connectivity index (χ1n) is 4.36. The number of halogens is 3. The van der Waals surface area contributed by atoms with Crippen molar-refractivity contribution in [3.63, 3.8) is 0 Å².